The molecule has 4 rings (SSSR count). The van der Waals surface area contributed by atoms with Crippen LogP contribution < -0.4 is 9.64 Å². The van der Waals surface area contributed by atoms with Crippen molar-refractivity contribution in [3.05, 3.63) is 40.3 Å². The van der Waals surface area contributed by atoms with Crippen molar-refractivity contribution in [2.24, 2.45) is 11.8 Å². The minimum Gasteiger partial charge on any atom is -0.490 e. The number of carboxylic acids is 1. The number of nitrogens with zero attached hydrogens (tertiary/aromatic N) is 4. The van der Waals surface area contributed by atoms with Crippen LogP contribution in [0.4, 0.5) is 10.2 Å². The van der Waals surface area contributed by atoms with Gasteiger partial charge in [0.15, 0.2) is 23.0 Å². The number of carboxylic acid groups (broad SMARTS) is 1. The van der Waals surface area contributed by atoms with E-state index in [1.54, 1.807) is 25.3 Å². The molecule has 8 nitrogen and oxygen atoms in total. The van der Waals surface area contributed by atoms with Crippen molar-refractivity contribution in [3.63, 3.8) is 0 Å². The molecular weight excluding hydrogens is 535 g/mol. The van der Waals surface area contributed by atoms with Crippen LogP contribution >= 0.6 is 0 Å². The Bertz CT molecular complexity index is 1370. The highest BCUT2D eigenvalue weighted by Crippen LogP contribution is 2.39. The Balaban J connectivity index is 0.000000892. The third-order valence-corrected chi connectivity index (χ3v) is 7.19. The number of hydrogen-bond acceptors (Lipinski definition) is 6. The van der Waals surface area contributed by atoms with Gasteiger partial charge < -0.3 is 19.8 Å². The Morgan fingerprint density at radius 1 is 1.12 bits per heavy atom. The normalized spacial score (nSPS) is 13.2. The molecule has 0 amide bonds. The first-order valence-corrected chi connectivity index (χ1v) is 15.1. The smallest absolute Gasteiger partial charge is 0.307 e. The fraction of sp³-hybridized carbons (Fsp3) is 0.606. The van der Waals surface area contributed by atoms with E-state index < -0.39 is 17.4 Å². The summed E-state index contributed by atoms with van der Waals surface area (Å²) in [5, 5.41) is 23.2. The quantitative estimate of drug-likeness (QED) is 0.271. The highest BCUT2D eigenvalue weighted by molar-refractivity contribution is 5.79. The molecule has 9 heteroatoms. The topological polar surface area (TPSA) is 100 Å². The van der Waals surface area contributed by atoms with Gasteiger partial charge in [-0.2, -0.15) is 0 Å². The summed E-state index contributed by atoms with van der Waals surface area (Å²) in [6, 6.07) is 3.44. The number of ether oxygens (including phenoxy) is 1. The minimum atomic E-state index is -0.965. The number of aryl methyl sites for hydroxylation is 1. The Kier molecular flexibility index (Phi) is 11.0. The summed E-state index contributed by atoms with van der Waals surface area (Å²) >= 11 is 0. The zero-order valence-electron chi connectivity index (χ0n) is 26.8. The molecular formula is C33H49FN4O4. The number of anilines is 1. The van der Waals surface area contributed by atoms with Crippen molar-refractivity contribution in [2.75, 3.05) is 24.6 Å². The third kappa shape index (κ3) is 8.66. The molecule has 1 aliphatic rings. The summed E-state index contributed by atoms with van der Waals surface area (Å²) in [7, 11) is 0. The van der Waals surface area contributed by atoms with E-state index in [9.17, 15) is 9.90 Å². The fourth-order valence-corrected chi connectivity index (χ4v) is 5.01. The minimum absolute atomic E-state index is 0.224. The van der Waals surface area contributed by atoms with E-state index in [1.165, 1.54) is 6.07 Å². The molecule has 0 radical (unpaired) electrons. The molecule has 0 saturated carbocycles. The van der Waals surface area contributed by atoms with Crippen LogP contribution in [0.3, 0.4) is 0 Å². The maximum absolute atomic E-state index is 15.3. The first-order chi connectivity index (χ1) is 19.6. The average Bonchev–Trinajstić information content (AvgIpc) is 3.28. The van der Waals surface area contributed by atoms with E-state index >= 15 is 4.39 Å². The summed E-state index contributed by atoms with van der Waals surface area (Å²) in [6.45, 7) is 20.1. The molecule has 3 heterocycles. The Labute approximate surface area is 249 Å². The second kappa shape index (κ2) is 13.8. The third-order valence-electron chi connectivity index (χ3n) is 7.19. The van der Waals surface area contributed by atoms with Gasteiger partial charge >= 0.3 is 5.97 Å². The fourth-order valence-electron chi connectivity index (χ4n) is 5.01. The number of aliphatic carboxylic acids is 1. The SMILES string of the molecule is CC(C)(C)O.Cc1nc2cc(N(CCC(C)C)CCC(C)C)nn2c(-c2cc(F)c3c(c2C)CCCO3)c1CC(=O)O. The van der Waals surface area contributed by atoms with Crippen molar-refractivity contribution in [3.8, 4) is 17.0 Å². The lowest BCUT2D eigenvalue weighted by Gasteiger charge is -2.24. The molecule has 0 saturated heterocycles. The lowest BCUT2D eigenvalue weighted by Crippen LogP contribution is -2.28. The predicted octanol–water partition coefficient (Wildman–Crippen LogP) is 6.78. The van der Waals surface area contributed by atoms with Gasteiger partial charge in [-0.25, -0.2) is 13.9 Å². The summed E-state index contributed by atoms with van der Waals surface area (Å²) < 4.78 is 22.7. The van der Waals surface area contributed by atoms with E-state index in [2.05, 4.69) is 32.6 Å². The lowest BCUT2D eigenvalue weighted by molar-refractivity contribution is -0.136. The molecule has 232 valence electrons. The van der Waals surface area contributed by atoms with Crippen LogP contribution in [0.15, 0.2) is 12.1 Å². The van der Waals surface area contributed by atoms with Crippen molar-refractivity contribution in [1.82, 2.24) is 14.6 Å². The van der Waals surface area contributed by atoms with E-state index in [-0.39, 0.29) is 6.42 Å². The number of aliphatic hydroxyl groups is 1. The van der Waals surface area contributed by atoms with Crippen LogP contribution in [0, 0.1) is 31.5 Å². The zero-order valence-corrected chi connectivity index (χ0v) is 26.8. The van der Waals surface area contributed by atoms with Gasteiger partial charge in [-0.1, -0.05) is 27.7 Å². The number of hydrogen-bond donors (Lipinski definition) is 2. The molecule has 3 aromatic rings. The van der Waals surface area contributed by atoms with E-state index in [0.717, 1.165) is 55.7 Å². The van der Waals surface area contributed by atoms with Crippen LogP contribution in [0.5, 0.6) is 5.75 Å². The molecule has 0 atom stereocenters. The van der Waals surface area contributed by atoms with Gasteiger partial charge in [0, 0.05) is 41.5 Å². The van der Waals surface area contributed by atoms with Gasteiger partial charge in [-0.15, -0.1) is 5.10 Å². The van der Waals surface area contributed by atoms with Gasteiger partial charge in [-0.05, 0) is 83.8 Å². The molecule has 0 fully saturated rings. The number of fused-ring (bicyclic) bond motifs is 2. The predicted molar refractivity (Wildman–Crippen MR) is 166 cm³/mol. The average molecular weight is 585 g/mol. The molecule has 1 aliphatic heterocycles. The number of halogens is 1. The van der Waals surface area contributed by atoms with Gasteiger partial charge in [0.2, 0.25) is 0 Å². The molecule has 0 unspecified atom stereocenters. The van der Waals surface area contributed by atoms with Crippen molar-refractivity contribution in [1.29, 1.82) is 0 Å². The molecule has 2 aromatic heterocycles. The maximum atomic E-state index is 15.3. The Hall–Kier alpha value is -3.20. The molecule has 0 spiro atoms. The second-order valence-electron chi connectivity index (χ2n) is 13.2. The highest BCUT2D eigenvalue weighted by atomic mass is 19.1. The van der Waals surface area contributed by atoms with Gasteiger partial charge in [0.1, 0.15) is 0 Å². The molecule has 0 bridgehead atoms. The molecule has 2 N–H and O–H groups in total. The van der Waals surface area contributed by atoms with E-state index in [0.29, 0.717) is 52.4 Å². The summed E-state index contributed by atoms with van der Waals surface area (Å²) in [4.78, 5) is 18.9. The largest absolute Gasteiger partial charge is 0.490 e. The van der Waals surface area contributed by atoms with Crippen LogP contribution in [-0.2, 0) is 17.6 Å². The first-order valence-electron chi connectivity index (χ1n) is 15.1. The lowest BCUT2D eigenvalue weighted by atomic mass is 9.91. The van der Waals surface area contributed by atoms with Crippen molar-refractivity contribution < 1.29 is 24.1 Å². The first kappa shape index (κ1) is 33.3. The molecule has 42 heavy (non-hydrogen) atoms. The second-order valence-corrected chi connectivity index (χ2v) is 13.2. The standard InChI is InChI=1S/C29H39FN4O3.C4H10O/c1-17(2)9-11-33(12-10-18(3)4)26-16-25-31-20(6)23(15-27(35)36)28(34(25)32-26)22-14-24(30)29-21(19(22)5)8-7-13-37-29;1-4(2,3)5/h14,16-18H,7-13,15H2,1-6H3,(H,35,36);5H,1-3H3. The number of carbonyl (C=O) groups is 1. The van der Waals surface area contributed by atoms with Crippen molar-refractivity contribution in [2.45, 2.75) is 100 Å². The van der Waals surface area contributed by atoms with Gasteiger partial charge in [0.05, 0.1) is 24.3 Å². The van der Waals surface area contributed by atoms with Crippen LogP contribution in [0.2, 0.25) is 0 Å². The van der Waals surface area contributed by atoms with Crippen LogP contribution in [-0.4, -0.2) is 56.1 Å². The number of rotatable bonds is 10. The summed E-state index contributed by atoms with van der Waals surface area (Å²) in [6.07, 6.45) is 3.37. The van der Waals surface area contributed by atoms with E-state index in [1.807, 2.05) is 19.9 Å². The molecule has 0 aliphatic carbocycles. The van der Waals surface area contributed by atoms with Crippen molar-refractivity contribution >= 4 is 17.4 Å². The molecule has 1 aromatic carbocycles. The highest BCUT2D eigenvalue weighted by Gasteiger charge is 2.26. The number of aromatic nitrogens is 3. The van der Waals surface area contributed by atoms with E-state index in [4.69, 9.17) is 19.9 Å². The van der Waals surface area contributed by atoms with Crippen LogP contribution in [0.25, 0.3) is 16.9 Å². The van der Waals surface area contributed by atoms with Crippen LogP contribution in [0.1, 0.15) is 90.1 Å². The maximum Gasteiger partial charge on any atom is 0.307 e. The summed E-state index contributed by atoms with van der Waals surface area (Å²) in [5.41, 5.74) is 4.25. The Morgan fingerprint density at radius 2 is 1.71 bits per heavy atom. The Morgan fingerprint density at radius 3 is 2.26 bits per heavy atom. The van der Waals surface area contributed by atoms with Gasteiger partial charge in [0.25, 0.3) is 0 Å². The summed E-state index contributed by atoms with van der Waals surface area (Å²) in [5.74, 6) is 0.834. The van der Waals surface area contributed by atoms with Gasteiger partial charge in [-0.3, -0.25) is 4.79 Å². The number of benzene rings is 1. The monoisotopic (exact) mass is 584 g/mol. The zero-order chi connectivity index (χ0) is 31.4.